The van der Waals surface area contributed by atoms with Gasteiger partial charge in [0, 0.05) is 18.0 Å². The normalized spacial score (nSPS) is 11.0. The molecular formula is C24H35N5O5. The van der Waals surface area contributed by atoms with Crippen LogP contribution in [0.2, 0.25) is 0 Å². The Balaban J connectivity index is 2.19. The van der Waals surface area contributed by atoms with Crippen molar-refractivity contribution in [1.82, 2.24) is 20.0 Å². The highest BCUT2D eigenvalue weighted by atomic mass is 16.5. The monoisotopic (exact) mass is 473 g/mol. The summed E-state index contributed by atoms with van der Waals surface area (Å²) in [5, 5.41) is 10.1. The minimum absolute atomic E-state index is 0.179. The summed E-state index contributed by atoms with van der Waals surface area (Å²) in [5.74, 6) is 0.287. The van der Waals surface area contributed by atoms with Gasteiger partial charge in [0.25, 0.3) is 0 Å². The Hall–Kier alpha value is -3.56. The zero-order valence-electron chi connectivity index (χ0n) is 20.8. The van der Waals surface area contributed by atoms with Gasteiger partial charge in [-0.25, -0.2) is 9.48 Å². The maximum absolute atomic E-state index is 12.9. The van der Waals surface area contributed by atoms with Crippen LogP contribution in [-0.4, -0.2) is 65.9 Å². The molecular weight excluding hydrogens is 438 g/mol. The third-order valence-corrected chi connectivity index (χ3v) is 4.87. The Kier molecular flexibility index (Phi) is 9.47. The first-order chi connectivity index (χ1) is 16.1. The van der Waals surface area contributed by atoms with Crippen LogP contribution in [0.25, 0.3) is 5.69 Å². The average Bonchev–Trinajstić information content (AvgIpc) is 3.21. The Morgan fingerprint density at radius 3 is 2.35 bits per heavy atom. The smallest absolute Gasteiger partial charge is 0.325 e. The molecule has 1 aromatic heterocycles. The van der Waals surface area contributed by atoms with Crippen molar-refractivity contribution in [3.63, 3.8) is 0 Å². The Morgan fingerprint density at radius 1 is 1.12 bits per heavy atom. The fourth-order valence-electron chi connectivity index (χ4n) is 3.11. The van der Waals surface area contributed by atoms with Crippen LogP contribution in [0.1, 0.15) is 46.7 Å². The molecule has 2 rings (SSSR count). The molecule has 0 bridgehead atoms. The van der Waals surface area contributed by atoms with E-state index in [-0.39, 0.29) is 31.0 Å². The van der Waals surface area contributed by atoms with Gasteiger partial charge in [-0.3, -0.25) is 9.59 Å². The molecule has 3 amide bonds. The maximum atomic E-state index is 12.9. The van der Waals surface area contributed by atoms with Crippen molar-refractivity contribution < 1.29 is 23.9 Å². The highest BCUT2D eigenvalue weighted by molar-refractivity contribution is 5.94. The maximum Gasteiger partial charge on any atom is 0.325 e. The lowest BCUT2D eigenvalue weighted by Crippen LogP contribution is -2.46. The second-order valence-electron chi connectivity index (χ2n) is 8.71. The van der Waals surface area contributed by atoms with Gasteiger partial charge in [0.1, 0.15) is 24.7 Å². The molecule has 0 saturated heterocycles. The molecule has 10 nitrogen and oxygen atoms in total. The lowest BCUT2D eigenvalue weighted by Gasteiger charge is -2.22. The van der Waals surface area contributed by atoms with Gasteiger partial charge in [0.05, 0.1) is 25.1 Å². The summed E-state index contributed by atoms with van der Waals surface area (Å²) in [6.07, 6.45) is 0.651. The molecule has 2 N–H and O–H groups in total. The van der Waals surface area contributed by atoms with Crippen LogP contribution >= 0.6 is 0 Å². The molecule has 0 aliphatic heterocycles. The number of methoxy groups -OCH3 is 1. The highest BCUT2D eigenvalue weighted by Crippen LogP contribution is 2.27. The highest BCUT2D eigenvalue weighted by Gasteiger charge is 2.23. The Morgan fingerprint density at radius 2 is 1.79 bits per heavy atom. The van der Waals surface area contributed by atoms with Gasteiger partial charge in [-0.2, -0.15) is 5.10 Å². The van der Waals surface area contributed by atoms with Crippen molar-refractivity contribution in [3.8, 4) is 11.4 Å². The number of amides is 3. The van der Waals surface area contributed by atoms with Gasteiger partial charge >= 0.3 is 12.0 Å². The molecule has 0 aliphatic rings. The van der Waals surface area contributed by atoms with Crippen LogP contribution in [0, 0.1) is 0 Å². The average molecular weight is 474 g/mol. The standard InChI is InChI=1S/C24H35N5O5/c1-7-13-28(23(32)25-15-22(31)34-8-2)16-21(30)26-20-14-19(24(3,4)5)27-29(20)17-9-11-18(33-6)12-10-17/h9-12,14H,7-8,13,15-16H2,1-6H3,(H,25,32)(H,26,30). The minimum atomic E-state index is -0.533. The van der Waals surface area contributed by atoms with Crippen molar-refractivity contribution in [2.24, 2.45) is 0 Å². The van der Waals surface area contributed by atoms with Gasteiger partial charge in [-0.05, 0) is 37.6 Å². The van der Waals surface area contributed by atoms with Crippen LogP contribution in [-0.2, 0) is 19.7 Å². The summed E-state index contributed by atoms with van der Waals surface area (Å²) in [6.45, 7) is 9.85. The predicted octanol–water partition coefficient (Wildman–Crippen LogP) is 3.10. The molecule has 0 aliphatic carbocycles. The predicted molar refractivity (Wildman–Crippen MR) is 129 cm³/mol. The third kappa shape index (κ3) is 7.50. The number of benzene rings is 1. The van der Waals surface area contributed by atoms with E-state index >= 15 is 0 Å². The van der Waals surface area contributed by atoms with Crippen LogP contribution in [0.5, 0.6) is 5.75 Å². The number of rotatable bonds is 10. The van der Waals surface area contributed by atoms with E-state index in [9.17, 15) is 14.4 Å². The first-order valence-electron chi connectivity index (χ1n) is 11.3. The molecule has 2 aromatic rings. The quantitative estimate of drug-likeness (QED) is 0.513. The molecule has 0 spiro atoms. The van der Waals surface area contributed by atoms with Crippen LogP contribution in [0.4, 0.5) is 10.6 Å². The number of esters is 1. The van der Waals surface area contributed by atoms with E-state index in [1.165, 1.54) is 4.90 Å². The number of carbonyl (C=O) groups is 3. The van der Waals surface area contributed by atoms with Gasteiger partial charge in [-0.1, -0.05) is 27.7 Å². The van der Waals surface area contributed by atoms with E-state index in [4.69, 9.17) is 14.6 Å². The number of urea groups is 1. The summed E-state index contributed by atoms with van der Waals surface area (Å²) >= 11 is 0. The van der Waals surface area contributed by atoms with Gasteiger partial charge < -0.3 is 25.0 Å². The molecule has 1 aromatic carbocycles. The van der Waals surface area contributed by atoms with E-state index in [1.54, 1.807) is 18.7 Å². The largest absolute Gasteiger partial charge is 0.497 e. The Bertz CT molecular complexity index is 979. The number of ether oxygens (including phenoxy) is 2. The van der Waals surface area contributed by atoms with Crippen molar-refractivity contribution in [3.05, 3.63) is 36.0 Å². The van der Waals surface area contributed by atoms with Crippen molar-refractivity contribution in [1.29, 1.82) is 0 Å². The summed E-state index contributed by atoms with van der Waals surface area (Å²) in [7, 11) is 1.59. The minimum Gasteiger partial charge on any atom is -0.497 e. The van der Waals surface area contributed by atoms with Crippen molar-refractivity contribution in [2.75, 3.05) is 38.7 Å². The molecule has 34 heavy (non-hydrogen) atoms. The van der Waals surface area contributed by atoms with E-state index in [0.717, 1.165) is 11.4 Å². The van der Waals surface area contributed by atoms with E-state index in [0.29, 0.717) is 24.5 Å². The molecule has 0 saturated carbocycles. The summed E-state index contributed by atoms with van der Waals surface area (Å²) < 4.78 is 11.7. The number of carbonyl (C=O) groups excluding carboxylic acids is 3. The topological polar surface area (TPSA) is 115 Å². The van der Waals surface area contributed by atoms with E-state index in [1.807, 2.05) is 58.0 Å². The molecule has 186 valence electrons. The molecule has 10 heteroatoms. The second kappa shape index (κ2) is 12.1. The lowest BCUT2D eigenvalue weighted by molar-refractivity contribution is -0.141. The Labute approximate surface area is 200 Å². The van der Waals surface area contributed by atoms with Crippen molar-refractivity contribution >= 4 is 23.7 Å². The fraction of sp³-hybridized carbons (Fsp3) is 0.500. The van der Waals surface area contributed by atoms with Crippen LogP contribution < -0.4 is 15.4 Å². The number of nitrogens with zero attached hydrogens (tertiary/aromatic N) is 3. The zero-order valence-corrected chi connectivity index (χ0v) is 20.8. The van der Waals surface area contributed by atoms with Gasteiger partial charge in [0.15, 0.2) is 0 Å². The van der Waals surface area contributed by atoms with Crippen LogP contribution in [0.15, 0.2) is 30.3 Å². The van der Waals surface area contributed by atoms with E-state index in [2.05, 4.69) is 10.6 Å². The SMILES string of the molecule is CCCN(CC(=O)Nc1cc(C(C)(C)C)nn1-c1ccc(OC)cc1)C(=O)NCC(=O)OCC. The lowest BCUT2D eigenvalue weighted by atomic mass is 9.92. The number of anilines is 1. The summed E-state index contributed by atoms with van der Waals surface area (Å²) in [4.78, 5) is 38.3. The molecule has 0 fully saturated rings. The molecule has 0 radical (unpaired) electrons. The number of hydrogen-bond acceptors (Lipinski definition) is 6. The first-order valence-corrected chi connectivity index (χ1v) is 11.3. The molecule has 1 heterocycles. The fourth-order valence-corrected chi connectivity index (χ4v) is 3.11. The molecule has 0 atom stereocenters. The zero-order chi connectivity index (χ0) is 25.3. The molecule has 0 unspecified atom stereocenters. The summed E-state index contributed by atoms with van der Waals surface area (Å²) in [6, 6.07) is 8.64. The number of nitrogens with one attached hydrogen (secondary N) is 2. The summed E-state index contributed by atoms with van der Waals surface area (Å²) in [5.41, 5.74) is 1.32. The van der Waals surface area contributed by atoms with E-state index < -0.39 is 12.0 Å². The van der Waals surface area contributed by atoms with Crippen LogP contribution in [0.3, 0.4) is 0 Å². The third-order valence-electron chi connectivity index (χ3n) is 4.87. The van der Waals surface area contributed by atoms with Gasteiger partial charge in [-0.15, -0.1) is 0 Å². The number of hydrogen-bond donors (Lipinski definition) is 2. The first kappa shape index (κ1) is 26.7. The number of aromatic nitrogens is 2. The van der Waals surface area contributed by atoms with Gasteiger partial charge in [0.2, 0.25) is 5.91 Å². The second-order valence-corrected chi connectivity index (χ2v) is 8.71. The van der Waals surface area contributed by atoms with Crippen molar-refractivity contribution in [2.45, 2.75) is 46.5 Å².